The van der Waals surface area contributed by atoms with Gasteiger partial charge in [-0.15, -0.1) is 10.2 Å². The number of anilines is 1. The van der Waals surface area contributed by atoms with E-state index in [4.69, 9.17) is 4.42 Å². The van der Waals surface area contributed by atoms with Gasteiger partial charge in [0, 0.05) is 23.8 Å². The molecule has 4 saturated carbocycles. The van der Waals surface area contributed by atoms with Crippen molar-refractivity contribution in [1.29, 1.82) is 0 Å². The number of hydrogen-bond donors (Lipinski definition) is 4. The number of rotatable bonds is 4. The minimum absolute atomic E-state index is 0.175. The van der Waals surface area contributed by atoms with Gasteiger partial charge in [-0.3, -0.25) is 0 Å². The van der Waals surface area contributed by atoms with Gasteiger partial charge in [0.25, 0.3) is 5.89 Å². The minimum atomic E-state index is -1.21. The average Bonchev–Trinajstić information content (AvgIpc) is 3.32. The molecule has 0 spiro atoms. The summed E-state index contributed by atoms with van der Waals surface area (Å²) in [5.41, 5.74) is 0.786. The Labute approximate surface area is 174 Å². The summed E-state index contributed by atoms with van der Waals surface area (Å²) in [6.07, 6.45) is 8.69. The molecule has 30 heavy (non-hydrogen) atoms. The van der Waals surface area contributed by atoms with Gasteiger partial charge in [0.05, 0.1) is 16.9 Å². The zero-order chi connectivity index (χ0) is 20.7. The number of nitrogens with one attached hydrogen (secondary N) is 2. The summed E-state index contributed by atoms with van der Waals surface area (Å²) in [5, 5.41) is 34.2. The van der Waals surface area contributed by atoms with E-state index >= 15 is 0 Å². The van der Waals surface area contributed by atoms with Gasteiger partial charge in [0.15, 0.2) is 0 Å². The fourth-order valence-electron chi connectivity index (χ4n) is 6.29. The van der Waals surface area contributed by atoms with Gasteiger partial charge in [0.1, 0.15) is 11.2 Å². The van der Waals surface area contributed by atoms with Crippen molar-refractivity contribution in [2.75, 3.05) is 5.32 Å². The highest BCUT2D eigenvalue weighted by atomic mass is 16.4. The first-order chi connectivity index (χ1) is 14.3. The van der Waals surface area contributed by atoms with Crippen molar-refractivity contribution in [1.82, 2.24) is 20.2 Å². The smallest absolute Gasteiger partial charge is 0.251 e. The second-order valence-corrected chi connectivity index (χ2v) is 10.1. The Hall–Kier alpha value is -2.45. The van der Waals surface area contributed by atoms with E-state index in [0.29, 0.717) is 29.7 Å². The molecule has 3 aromatic rings. The maximum Gasteiger partial charge on any atom is 0.251 e. The Bertz CT molecular complexity index is 1100. The first-order valence-electron chi connectivity index (χ1n) is 10.8. The number of aromatic nitrogens is 4. The van der Waals surface area contributed by atoms with Gasteiger partial charge in [-0.2, -0.15) is 0 Å². The zero-order valence-electron chi connectivity index (χ0n) is 17.2. The number of pyridine rings is 1. The molecule has 5 atom stereocenters. The lowest BCUT2D eigenvalue weighted by atomic mass is 9.52. The molecule has 158 valence electrons. The Morgan fingerprint density at radius 3 is 2.63 bits per heavy atom. The van der Waals surface area contributed by atoms with Crippen LogP contribution >= 0.6 is 0 Å². The largest absolute Gasteiger partial charge is 0.417 e. The minimum Gasteiger partial charge on any atom is -0.417 e. The highest BCUT2D eigenvalue weighted by Gasteiger charge is 2.54. The summed E-state index contributed by atoms with van der Waals surface area (Å²) in [7, 11) is 0. The predicted octanol–water partition coefficient (Wildman–Crippen LogP) is 3.19. The van der Waals surface area contributed by atoms with Gasteiger partial charge in [-0.05, 0) is 69.8 Å². The van der Waals surface area contributed by atoms with Crippen molar-refractivity contribution >= 4 is 16.7 Å². The Balaban J connectivity index is 1.41. The number of aromatic amines is 1. The Morgan fingerprint density at radius 2 is 1.97 bits per heavy atom. The van der Waals surface area contributed by atoms with Crippen LogP contribution in [0, 0.1) is 17.8 Å². The van der Waals surface area contributed by atoms with Crippen LogP contribution in [0.2, 0.25) is 0 Å². The molecule has 3 aromatic heterocycles. The SMILES string of the molecule is CC(C)(O)c1nnc(-c2cnc3[nH]ccc3c2NC2[C@@H]3CC4C[C@H]2CC(O)(C4)C3)o1. The molecule has 4 aliphatic carbocycles. The molecule has 3 heterocycles. The van der Waals surface area contributed by atoms with Crippen molar-refractivity contribution in [3.63, 3.8) is 0 Å². The van der Waals surface area contributed by atoms with Crippen molar-refractivity contribution in [2.45, 2.75) is 63.2 Å². The van der Waals surface area contributed by atoms with Gasteiger partial charge >= 0.3 is 0 Å². The van der Waals surface area contributed by atoms with E-state index in [0.717, 1.165) is 41.5 Å². The molecule has 4 fully saturated rings. The molecule has 0 radical (unpaired) electrons. The summed E-state index contributed by atoms with van der Waals surface area (Å²) in [6, 6.07) is 2.31. The summed E-state index contributed by atoms with van der Waals surface area (Å²) in [6.45, 7) is 3.24. The van der Waals surface area contributed by atoms with Crippen LogP contribution in [-0.2, 0) is 5.60 Å². The summed E-state index contributed by atoms with van der Waals surface area (Å²) in [5.74, 6) is 2.10. The third-order valence-electron chi connectivity index (χ3n) is 7.32. The van der Waals surface area contributed by atoms with E-state index in [9.17, 15) is 10.2 Å². The molecule has 8 nitrogen and oxygen atoms in total. The number of hydrogen-bond acceptors (Lipinski definition) is 7. The molecule has 8 heteroatoms. The van der Waals surface area contributed by atoms with Crippen LogP contribution in [0.15, 0.2) is 22.9 Å². The van der Waals surface area contributed by atoms with E-state index < -0.39 is 11.2 Å². The molecule has 0 aromatic carbocycles. The van der Waals surface area contributed by atoms with Crippen LogP contribution in [0.3, 0.4) is 0 Å². The van der Waals surface area contributed by atoms with E-state index in [1.165, 1.54) is 12.8 Å². The molecule has 0 aliphatic heterocycles. The second kappa shape index (κ2) is 6.04. The number of fused-ring (bicyclic) bond motifs is 1. The van der Waals surface area contributed by atoms with Crippen LogP contribution in [-0.4, -0.2) is 42.0 Å². The topological polar surface area (TPSA) is 120 Å². The lowest BCUT2D eigenvalue weighted by Crippen LogP contribution is -2.59. The van der Waals surface area contributed by atoms with Gasteiger partial charge < -0.3 is 24.9 Å². The van der Waals surface area contributed by atoms with Crippen molar-refractivity contribution in [3.05, 3.63) is 24.4 Å². The van der Waals surface area contributed by atoms with Gasteiger partial charge in [-0.25, -0.2) is 4.98 Å². The normalized spacial score (nSPS) is 32.8. The van der Waals surface area contributed by atoms with E-state index in [1.54, 1.807) is 20.0 Å². The van der Waals surface area contributed by atoms with Crippen LogP contribution < -0.4 is 5.32 Å². The van der Waals surface area contributed by atoms with Crippen LogP contribution in [0.25, 0.3) is 22.5 Å². The fraction of sp³-hybridized carbons (Fsp3) is 0.591. The molecule has 4 N–H and O–H groups in total. The summed E-state index contributed by atoms with van der Waals surface area (Å²) < 4.78 is 5.82. The van der Waals surface area contributed by atoms with E-state index in [2.05, 4.69) is 25.5 Å². The first-order valence-corrected chi connectivity index (χ1v) is 10.8. The lowest BCUT2D eigenvalue weighted by molar-refractivity contribution is -0.129. The molecule has 3 unspecified atom stereocenters. The molecule has 4 bridgehead atoms. The van der Waals surface area contributed by atoms with Crippen molar-refractivity contribution < 1.29 is 14.6 Å². The Kier molecular flexibility index (Phi) is 3.69. The highest BCUT2D eigenvalue weighted by Crippen LogP contribution is 2.56. The molecule has 0 amide bonds. The Morgan fingerprint density at radius 1 is 1.20 bits per heavy atom. The molecular weight excluding hydrogens is 382 g/mol. The highest BCUT2D eigenvalue weighted by molar-refractivity contribution is 5.97. The maximum atomic E-state index is 10.9. The molecular formula is C22H27N5O3. The second-order valence-electron chi connectivity index (χ2n) is 10.1. The number of H-pyrrole nitrogens is 1. The third-order valence-corrected chi connectivity index (χ3v) is 7.32. The fourth-order valence-corrected chi connectivity index (χ4v) is 6.29. The monoisotopic (exact) mass is 409 g/mol. The maximum absolute atomic E-state index is 10.9. The first kappa shape index (κ1) is 18.3. The third kappa shape index (κ3) is 2.77. The van der Waals surface area contributed by atoms with Gasteiger partial charge in [-0.1, -0.05) is 0 Å². The van der Waals surface area contributed by atoms with Crippen LogP contribution in [0.5, 0.6) is 0 Å². The molecule has 7 rings (SSSR count). The summed E-state index contributed by atoms with van der Waals surface area (Å²) >= 11 is 0. The quantitative estimate of drug-likeness (QED) is 0.522. The van der Waals surface area contributed by atoms with Crippen molar-refractivity contribution in [2.24, 2.45) is 17.8 Å². The lowest BCUT2D eigenvalue weighted by Gasteiger charge is -2.58. The standard InChI is InChI=1S/C22H27N5O3/c1-21(2,28)20-27-26-19(30-20)15-10-24-18-14(3-4-23-18)17(15)25-16-12-5-11-6-13(16)9-22(29,7-11)8-12/h3-4,10-13,16,28-29H,5-9H2,1-2H3,(H2,23,24,25)/t11?,12-,13+,16?,22?. The molecule has 4 aliphatic rings. The van der Waals surface area contributed by atoms with Gasteiger partial charge in [0.2, 0.25) is 5.89 Å². The van der Waals surface area contributed by atoms with E-state index in [-0.39, 0.29) is 5.89 Å². The zero-order valence-corrected chi connectivity index (χ0v) is 17.2. The van der Waals surface area contributed by atoms with Crippen LogP contribution in [0.1, 0.15) is 51.8 Å². The average molecular weight is 409 g/mol. The predicted molar refractivity (Wildman–Crippen MR) is 111 cm³/mol. The molecule has 0 saturated heterocycles. The van der Waals surface area contributed by atoms with Crippen LogP contribution in [0.4, 0.5) is 5.69 Å². The summed E-state index contributed by atoms with van der Waals surface area (Å²) in [4.78, 5) is 7.70. The number of aliphatic hydroxyl groups is 2. The number of nitrogens with zero attached hydrogens (tertiary/aromatic N) is 3. The van der Waals surface area contributed by atoms with E-state index in [1.807, 2.05) is 12.3 Å². The van der Waals surface area contributed by atoms with Crippen molar-refractivity contribution in [3.8, 4) is 11.5 Å².